The summed E-state index contributed by atoms with van der Waals surface area (Å²) < 4.78 is 42.2. The SMILES string of the molecule is Cc1ccc(N(c2ccc(OC(F)(F)F)cc2)c2ccc(-c3ccc4c(c3)C(C)(C)c3cc(C)ccc3-4)cc2)cc1. The first-order valence-corrected chi connectivity index (χ1v) is 13.6. The number of ether oxygens (including phenoxy) is 1. The van der Waals surface area contributed by atoms with Crippen molar-refractivity contribution in [1.29, 1.82) is 0 Å². The molecule has 6 rings (SSSR count). The lowest BCUT2D eigenvalue weighted by molar-refractivity contribution is -0.274. The monoisotopic (exact) mass is 549 g/mol. The van der Waals surface area contributed by atoms with Gasteiger partial charge in [0, 0.05) is 22.5 Å². The lowest BCUT2D eigenvalue weighted by Gasteiger charge is -2.26. The fraction of sp³-hybridized carbons (Fsp3) is 0.167. The Morgan fingerprint density at radius 2 is 1.02 bits per heavy atom. The molecule has 0 radical (unpaired) electrons. The van der Waals surface area contributed by atoms with E-state index in [4.69, 9.17) is 0 Å². The van der Waals surface area contributed by atoms with Crippen LogP contribution < -0.4 is 9.64 Å². The van der Waals surface area contributed by atoms with Crippen LogP contribution in [0.1, 0.15) is 36.1 Å². The van der Waals surface area contributed by atoms with Crippen LogP contribution in [0.15, 0.2) is 109 Å². The molecule has 5 aromatic rings. The first-order chi connectivity index (χ1) is 19.5. The number of rotatable bonds is 5. The van der Waals surface area contributed by atoms with Gasteiger partial charge in [-0.15, -0.1) is 13.2 Å². The predicted octanol–water partition coefficient (Wildman–Crippen LogP) is 10.6. The number of alkyl halides is 3. The Bertz CT molecular complexity index is 1720. The molecule has 0 amide bonds. The molecule has 0 unspecified atom stereocenters. The minimum Gasteiger partial charge on any atom is -0.406 e. The van der Waals surface area contributed by atoms with Crippen LogP contribution in [-0.2, 0) is 5.41 Å². The summed E-state index contributed by atoms with van der Waals surface area (Å²) >= 11 is 0. The third kappa shape index (κ3) is 5.08. The second kappa shape index (κ2) is 9.84. The van der Waals surface area contributed by atoms with E-state index in [1.807, 2.05) is 48.2 Å². The van der Waals surface area contributed by atoms with E-state index in [9.17, 15) is 13.2 Å². The van der Waals surface area contributed by atoms with E-state index in [-0.39, 0.29) is 11.2 Å². The molecular formula is C36H30F3NO. The number of aryl methyl sites for hydroxylation is 2. The van der Waals surface area contributed by atoms with Gasteiger partial charge < -0.3 is 9.64 Å². The van der Waals surface area contributed by atoms with E-state index in [0.717, 1.165) is 33.8 Å². The van der Waals surface area contributed by atoms with Gasteiger partial charge >= 0.3 is 6.36 Å². The number of anilines is 3. The van der Waals surface area contributed by atoms with Crippen LogP contribution in [0.2, 0.25) is 0 Å². The Labute approximate surface area is 238 Å². The summed E-state index contributed by atoms with van der Waals surface area (Å²) in [5.41, 5.74) is 12.3. The number of benzene rings is 5. The molecule has 0 N–H and O–H groups in total. The second-order valence-electron chi connectivity index (χ2n) is 11.2. The number of fused-ring (bicyclic) bond motifs is 3. The minimum absolute atomic E-state index is 0.0864. The van der Waals surface area contributed by atoms with Crippen LogP contribution in [0.4, 0.5) is 30.2 Å². The summed E-state index contributed by atoms with van der Waals surface area (Å²) in [4.78, 5) is 2.02. The molecule has 0 saturated carbocycles. The quantitative estimate of drug-likeness (QED) is 0.216. The highest BCUT2D eigenvalue weighted by Gasteiger charge is 2.35. The zero-order chi connectivity index (χ0) is 28.9. The maximum absolute atomic E-state index is 12.7. The summed E-state index contributed by atoms with van der Waals surface area (Å²) in [5.74, 6) is -0.253. The predicted molar refractivity (Wildman–Crippen MR) is 160 cm³/mol. The van der Waals surface area contributed by atoms with Crippen LogP contribution in [-0.4, -0.2) is 6.36 Å². The molecule has 0 atom stereocenters. The first-order valence-electron chi connectivity index (χ1n) is 13.6. The Hall–Kier alpha value is -4.51. The molecule has 206 valence electrons. The molecule has 0 aromatic heterocycles. The number of hydrogen-bond acceptors (Lipinski definition) is 2. The van der Waals surface area contributed by atoms with Crippen molar-refractivity contribution in [3.63, 3.8) is 0 Å². The van der Waals surface area contributed by atoms with Gasteiger partial charge in [0.1, 0.15) is 5.75 Å². The average Bonchev–Trinajstić information content (AvgIpc) is 3.16. The average molecular weight is 550 g/mol. The molecule has 5 heteroatoms. The van der Waals surface area contributed by atoms with Crippen LogP contribution in [0.5, 0.6) is 5.75 Å². The maximum atomic E-state index is 12.7. The van der Waals surface area contributed by atoms with E-state index in [2.05, 4.69) is 74.0 Å². The van der Waals surface area contributed by atoms with Crippen LogP contribution in [0.3, 0.4) is 0 Å². The molecule has 0 saturated heterocycles. The third-order valence-electron chi connectivity index (χ3n) is 7.91. The summed E-state index contributed by atoms with van der Waals surface area (Å²) in [6.07, 6.45) is -4.73. The van der Waals surface area contributed by atoms with Crippen molar-refractivity contribution in [2.24, 2.45) is 0 Å². The van der Waals surface area contributed by atoms with Gasteiger partial charge in [-0.25, -0.2) is 0 Å². The van der Waals surface area contributed by atoms with Crippen LogP contribution in [0, 0.1) is 13.8 Å². The second-order valence-corrected chi connectivity index (χ2v) is 11.2. The van der Waals surface area contributed by atoms with Gasteiger partial charge in [-0.3, -0.25) is 0 Å². The number of nitrogens with zero attached hydrogens (tertiary/aromatic N) is 1. The van der Waals surface area contributed by atoms with Gasteiger partial charge in [0.2, 0.25) is 0 Å². The Morgan fingerprint density at radius 1 is 0.561 bits per heavy atom. The van der Waals surface area contributed by atoms with Crippen molar-refractivity contribution in [2.75, 3.05) is 4.90 Å². The first kappa shape index (κ1) is 26.7. The summed E-state index contributed by atoms with van der Waals surface area (Å²) in [5, 5.41) is 0. The third-order valence-corrected chi connectivity index (χ3v) is 7.91. The van der Waals surface area contributed by atoms with Crippen molar-refractivity contribution in [3.05, 3.63) is 131 Å². The molecule has 0 fully saturated rings. The highest BCUT2D eigenvalue weighted by Crippen LogP contribution is 2.50. The van der Waals surface area contributed by atoms with Crippen molar-refractivity contribution in [1.82, 2.24) is 0 Å². The van der Waals surface area contributed by atoms with Gasteiger partial charge in [0.25, 0.3) is 0 Å². The zero-order valence-corrected chi connectivity index (χ0v) is 23.4. The van der Waals surface area contributed by atoms with Crippen molar-refractivity contribution >= 4 is 17.1 Å². The molecule has 0 heterocycles. The molecule has 1 aliphatic rings. The van der Waals surface area contributed by atoms with E-state index >= 15 is 0 Å². The van der Waals surface area contributed by atoms with Crippen molar-refractivity contribution < 1.29 is 17.9 Å². The minimum atomic E-state index is -4.73. The number of halogens is 3. The van der Waals surface area contributed by atoms with Crippen LogP contribution >= 0.6 is 0 Å². The fourth-order valence-corrected chi connectivity index (χ4v) is 5.77. The normalized spacial score (nSPS) is 13.4. The smallest absolute Gasteiger partial charge is 0.406 e. The standard InChI is InChI=1S/C36H30F3NO/c1-23-5-11-27(12-6-23)40(29-15-17-30(18-16-29)41-36(37,38)39)28-13-8-25(9-14-28)26-10-20-32-31-19-7-24(2)21-33(31)35(3,4)34(32)22-26/h5-22H,1-4H3. The summed E-state index contributed by atoms with van der Waals surface area (Å²) in [6.45, 7) is 8.73. The molecule has 41 heavy (non-hydrogen) atoms. The molecule has 0 bridgehead atoms. The van der Waals surface area contributed by atoms with Crippen molar-refractivity contribution in [3.8, 4) is 28.0 Å². The topological polar surface area (TPSA) is 12.5 Å². The van der Waals surface area contributed by atoms with Crippen LogP contribution in [0.25, 0.3) is 22.3 Å². The molecule has 2 nitrogen and oxygen atoms in total. The lowest BCUT2D eigenvalue weighted by atomic mass is 9.81. The summed E-state index contributed by atoms with van der Waals surface area (Å²) in [7, 11) is 0. The molecular weight excluding hydrogens is 519 g/mol. The Balaban J connectivity index is 1.35. The maximum Gasteiger partial charge on any atom is 0.573 e. The van der Waals surface area contributed by atoms with E-state index in [1.165, 1.54) is 39.9 Å². The summed E-state index contributed by atoms with van der Waals surface area (Å²) in [6, 6.07) is 35.7. The Kier molecular flexibility index (Phi) is 6.41. The molecule has 1 aliphatic carbocycles. The van der Waals surface area contributed by atoms with Crippen molar-refractivity contribution in [2.45, 2.75) is 39.5 Å². The highest BCUT2D eigenvalue weighted by atomic mass is 19.4. The van der Waals surface area contributed by atoms with Gasteiger partial charge in [-0.1, -0.05) is 79.6 Å². The Morgan fingerprint density at radius 3 is 1.61 bits per heavy atom. The lowest BCUT2D eigenvalue weighted by Crippen LogP contribution is -2.17. The zero-order valence-electron chi connectivity index (χ0n) is 23.4. The largest absolute Gasteiger partial charge is 0.573 e. The van der Waals surface area contributed by atoms with E-state index in [1.54, 1.807) is 12.1 Å². The van der Waals surface area contributed by atoms with E-state index in [0.29, 0.717) is 0 Å². The fourth-order valence-electron chi connectivity index (χ4n) is 5.77. The van der Waals surface area contributed by atoms with Gasteiger partial charge in [0.05, 0.1) is 0 Å². The number of hydrogen-bond donors (Lipinski definition) is 0. The van der Waals surface area contributed by atoms with Gasteiger partial charge in [-0.05, 0) is 102 Å². The highest BCUT2D eigenvalue weighted by molar-refractivity contribution is 5.84. The van der Waals surface area contributed by atoms with E-state index < -0.39 is 6.36 Å². The van der Waals surface area contributed by atoms with Gasteiger partial charge in [-0.2, -0.15) is 0 Å². The molecule has 0 aliphatic heterocycles. The molecule has 5 aromatic carbocycles. The molecule has 0 spiro atoms. The van der Waals surface area contributed by atoms with Gasteiger partial charge in [0.15, 0.2) is 0 Å².